The highest BCUT2D eigenvalue weighted by molar-refractivity contribution is 6.17. The smallest absolute Gasteiger partial charge is 0.171 e. The molecular weight excluding hydrogens is 466 g/mol. The van der Waals surface area contributed by atoms with Crippen LogP contribution in [0.1, 0.15) is 45.7 Å². The van der Waals surface area contributed by atoms with Gasteiger partial charge in [-0.25, -0.2) is 0 Å². The highest BCUT2D eigenvalue weighted by Gasteiger charge is 2.41. The van der Waals surface area contributed by atoms with Crippen LogP contribution in [-0.2, 0) is 5.41 Å². The highest BCUT2D eigenvalue weighted by Crippen LogP contribution is 2.50. The molecule has 0 aliphatic heterocycles. The van der Waals surface area contributed by atoms with E-state index in [0.717, 1.165) is 17.1 Å². The average Bonchev–Trinajstić information content (AvgIpc) is 3.19. The van der Waals surface area contributed by atoms with Crippen LogP contribution in [-0.4, -0.2) is 11.6 Å². The SMILES string of the molecule is CC1(C)c2ccccc2-c2ccc(N(C3=CC4C(=O)c5ccccc5C(=O)C4C=C3)c3ccccc3)cc21. The van der Waals surface area contributed by atoms with Crippen molar-refractivity contribution in [2.75, 3.05) is 4.90 Å². The molecule has 0 saturated carbocycles. The molecule has 4 aromatic carbocycles. The van der Waals surface area contributed by atoms with Gasteiger partial charge in [-0.15, -0.1) is 0 Å². The fourth-order valence-corrected chi connectivity index (χ4v) is 6.43. The van der Waals surface area contributed by atoms with E-state index in [1.54, 1.807) is 12.1 Å². The lowest BCUT2D eigenvalue weighted by atomic mass is 9.72. The Labute approximate surface area is 222 Å². The van der Waals surface area contributed by atoms with Gasteiger partial charge in [0.1, 0.15) is 0 Å². The summed E-state index contributed by atoms with van der Waals surface area (Å²) >= 11 is 0. The minimum Gasteiger partial charge on any atom is -0.311 e. The average molecular weight is 494 g/mol. The molecule has 4 aromatic rings. The quantitative estimate of drug-likeness (QED) is 0.291. The van der Waals surface area contributed by atoms with Crippen molar-refractivity contribution in [3.05, 3.63) is 143 Å². The van der Waals surface area contributed by atoms with Crippen molar-refractivity contribution < 1.29 is 9.59 Å². The van der Waals surface area contributed by atoms with Gasteiger partial charge in [0.05, 0.1) is 11.8 Å². The molecule has 0 heterocycles. The molecule has 0 saturated heterocycles. The zero-order chi connectivity index (χ0) is 26.0. The van der Waals surface area contributed by atoms with Gasteiger partial charge in [-0.2, -0.15) is 0 Å². The zero-order valence-corrected chi connectivity index (χ0v) is 21.4. The van der Waals surface area contributed by atoms with E-state index in [9.17, 15) is 9.59 Å². The summed E-state index contributed by atoms with van der Waals surface area (Å²) in [6.45, 7) is 4.56. The van der Waals surface area contributed by atoms with Gasteiger partial charge in [-0.1, -0.05) is 92.7 Å². The molecule has 38 heavy (non-hydrogen) atoms. The molecule has 0 amide bonds. The third-order valence-electron chi connectivity index (χ3n) is 8.37. The maximum Gasteiger partial charge on any atom is 0.171 e. The van der Waals surface area contributed by atoms with Gasteiger partial charge in [0.15, 0.2) is 11.6 Å². The molecular formula is C35H27NO2. The number of carbonyl (C=O) groups is 2. The molecule has 184 valence electrons. The molecule has 2 atom stereocenters. The van der Waals surface area contributed by atoms with E-state index in [1.165, 1.54) is 22.3 Å². The Morgan fingerprint density at radius 2 is 1.21 bits per heavy atom. The molecule has 3 heteroatoms. The summed E-state index contributed by atoms with van der Waals surface area (Å²) in [5, 5.41) is 0. The second-order valence-electron chi connectivity index (χ2n) is 10.8. The fraction of sp³-hybridized carbons (Fsp3) is 0.143. The van der Waals surface area contributed by atoms with Crippen LogP contribution >= 0.6 is 0 Å². The van der Waals surface area contributed by atoms with Crippen molar-refractivity contribution in [2.24, 2.45) is 11.8 Å². The van der Waals surface area contributed by atoms with E-state index in [-0.39, 0.29) is 17.0 Å². The normalized spacial score (nSPS) is 20.2. The second kappa shape index (κ2) is 8.26. The first-order valence-corrected chi connectivity index (χ1v) is 13.1. The first-order valence-electron chi connectivity index (χ1n) is 13.1. The largest absolute Gasteiger partial charge is 0.311 e. The van der Waals surface area contributed by atoms with E-state index >= 15 is 0 Å². The Bertz CT molecular complexity index is 1690. The van der Waals surface area contributed by atoms with Gasteiger partial charge in [-0.05, 0) is 58.7 Å². The maximum absolute atomic E-state index is 13.6. The molecule has 3 nitrogen and oxygen atoms in total. The van der Waals surface area contributed by atoms with E-state index in [4.69, 9.17) is 0 Å². The van der Waals surface area contributed by atoms with Gasteiger partial charge in [0, 0.05) is 33.6 Å². The number of nitrogens with zero attached hydrogens (tertiary/aromatic N) is 1. The number of allylic oxidation sites excluding steroid dienone is 3. The summed E-state index contributed by atoms with van der Waals surface area (Å²) in [4.78, 5) is 29.0. The maximum atomic E-state index is 13.6. The summed E-state index contributed by atoms with van der Waals surface area (Å²) < 4.78 is 0. The van der Waals surface area contributed by atoms with E-state index in [1.807, 2.05) is 48.6 Å². The minimum absolute atomic E-state index is 0.00518. The Hall–Kier alpha value is -4.50. The van der Waals surface area contributed by atoms with Crippen LogP contribution in [0.15, 0.2) is 121 Å². The van der Waals surface area contributed by atoms with Crippen molar-refractivity contribution in [3.63, 3.8) is 0 Å². The van der Waals surface area contributed by atoms with Gasteiger partial charge >= 0.3 is 0 Å². The number of hydrogen-bond acceptors (Lipinski definition) is 3. The molecule has 3 aliphatic rings. The summed E-state index contributed by atoms with van der Waals surface area (Å²) in [5.74, 6) is -0.961. The van der Waals surface area contributed by atoms with Crippen molar-refractivity contribution in [1.82, 2.24) is 0 Å². The standard InChI is InChI=1S/C35H27NO2/c1-35(2)31-15-9-8-12-25(31)26-18-16-24(21-32(26)35)36(22-10-4-3-5-11-22)23-17-19-29-30(20-23)34(38)28-14-7-6-13-27(28)33(29)37/h3-21,29-30H,1-2H3. The first kappa shape index (κ1) is 22.7. The Morgan fingerprint density at radius 3 is 1.95 bits per heavy atom. The summed E-state index contributed by atoms with van der Waals surface area (Å²) in [5.41, 5.74) is 9.03. The molecule has 0 aromatic heterocycles. The lowest BCUT2D eigenvalue weighted by molar-refractivity contribution is 0.0801. The van der Waals surface area contributed by atoms with Crippen LogP contribution in [0.4, 0.5) is 11.4 Å². The second-order valence-corrected chi connectivity index (χ2v) is 10.8. The van der Waals surface area contributed by atoms with Crippen LogP contribution < -0.4 is 4.90 Å². The molecule has 7 rings (SSSR count). The molecule has 0 fully saturated rings. The molecule has 0 bridgehead atoms. The number of para-hydroxylation sites is 1. The number of hydrogen-bond donors (Lipinski definition) is 0. The molecule has 0 radical (unpaired) electrons. The van der Waals surface area contributed by atoms with Gasteiger partial charge in [-0.3, -0.25) is 9.59 Å². The van der Waals surface area contributed by atoms with Crippen molar-refractivity contribution in [2.45, 2.75) is 19.3 Å². The van der Waals surface area contributed by atoms with E-state index in [2.05, 4.69) is 73.3 Å². The third-order valence-corrected chi connectivity index (χ3v) is 8.37. The number of benzene rings is 4. The van der Waals surface area contributed by atoms with Crippen LogP contribution in [0.2, 0.25) is 0 Å². The zero-order valence-electron chi connectivity index (χ0n) is 21.4. The van der Waals surface area contributed by atoms with Crippen LogP contribution in [0, 0.1) is 11.8 Å². The predicted octanol–water partition coefficient (Wildman–Crippen LogP) is 7.90. The summed E-state index contributed by atoms with van der Waals surface area (Å²) in [6, 6.07) is 32.7. The van der Waals surface area contributed by atoms with E-state index in [0.29, 0.717) is 11.1 Å². The Balaban J connectivity index is 1.36. The Kier molecular flexibility index (Phi) is 4.93. The van der Waals surface area contributed by atoms with Gasteiger partial charge in [0.2, 0.25) is 0 Å². The molecule has 3 aliphatic carbocycles. The topological polar surface area (TPSA) is 37.4 Å². The monoisotopic (exact) mass is 493 g/mol. The number of Topliss-reactive ketones (excluding diaryl/α,β-unsaturated/α-hetero) is 2. The lowest BCUT2D eigenvalue weighted by Crippen LogP contribution is -2.36. The number of anilines is 2. The van der Waals surface area contributed by atoms with Gasteiger partial charge < -0.3 is 4.90 Å². The lowest BCUT2D eigenvalue weighted by Gasteiger charge is -2.34. The van der Waals surface area contributed by atoms with Crippen molar-refractivity contribution in [1.29, 1.82) is 0 Å². The molecule has 2 unspecified atom stereocenters. The number of rotatable bonds is 3. The predicted molar refractivity (Wildman–Crippen MR) is 152 cm³/mol. The van der Waals surface area contributed by atoms with Crippen molar-refractivity contribution in [3.8, 4) is 11.1 Å². The van der Waals surface area contributed by atoms with Crippen LogP contribution in [0.5, 0.6) is 0 Å². The minimum atomic E-state index is -0.515. The first-order chi connectivity index (χ1) is 18.4. The van der Waals surface area contributed by atoms with Crippen molar-refractivity contribution >= 4 is 22.9 Å². The van der Waals surface area contributed by atoms with Gasteiger partial charge in [0.25, 0.3) is 0 Å². The van der Waals surface area contributed by atoms with E-state index < -0.39 is 11.8 Å². The third kappa shape index (κ3) is 3.21. The number of ketones is 2. The number of carbonyl (C=O) groups excluding carboxylic acids is 2. The highest BCUT2D eigenvalue weighted by atomic mass is 16.1. The Morgan fingerprint density at radius 1 is 0.605 bits per heavy atom. The van der Waals surface area contributed by atoms with Crippen LogP contribution in [0.3, 0.4) is 0 Å². The molecule has 0 spiro atoms. The number of fused-ring (bicyclic) bond motifs is 5. The fourth-order valence-electron chi connectivity index (χ4n) is 6.43. The van der Waals surface area contributed by atoms with Crippen LogP contribution in [0.25, 0.3) is 11.1 Å². The summed E-state index contributed by atoms with van der Waals surface area (Å²) in [7, 11) is 0. The molecule has 0 N–H and O–H groups in total. The summed E-state index contributed by atoms with van der Waals surface area (Å²) in [6.07, 6.45) is 5.90.